The number of thioether (sulfide) groups is 2. The number of likely N-dealkylation sites (tertiary alicyclic amines) is 1. The summed E-state index contributed by atoms with van der Waals surface area (Å²) >= 11 is 2.45. The van der Waals surface area contributed by atoms with Gasteiger partial charge in [-0.3, -0.25) is 81.5 Å². The molecule has 1 fully saturated rings. The van der Waals surface area contributed by atoms with Crippen LogP contribution < -0.4 is 86.3 Å². The first-order valence-corrected chi connectivity index (χ1v) is 35.3. The first-order valence-electron chi connectivity index (χ1n) is 32.6. The molecule has 40 nitrogen and oxygen atoms in total. The Bertz CT molecular complexity index is 2970. The third-order valence-corrected chi connectivity index (χ3v) is 16.9. The Morgan fingerprint density at radius 1 is 0.490 bits per heavy atom. The van der Waals surface area contributed by atoms with Gasteiger partial charge in [0.2, 0.25) is 94.5 Å². The number of carboxylic acid groups (broad SMARTS) is 2. The Labute approximate surface area is 596 Å². The minimum absolute atomic E-state index is 0.0469. The second kappa shape index (κ2) is 46.5. The van der Waals surface area contributed by atoms with Crippen molar-refractivity contribution in [2.24, 2.45) is 35.0 Å². The van der Waals surface area contributed by atoms with Crippen molar-refractivity contribution >= 4 is 130 Å². The van der Waals surface area contributed by atoms with Crippen molar-refractivity contribution in [2.75, 3.05) is 63.4 Å². The largest absolute Gasteiger partial charge is 0.481 e. The van der Waals surface area contributed by atoms with Gasteiger partial charge in [0.15, 0.2) is 0 Å². The molecule has 0 aromatic rings. The quantitative estimate of drug-likeness (QED) is 0.0269. The Balaban J connectivity index is 3.31. The number of hydrogen-bond donors (Lipinski definition) is 21. The summed E-state index contributed by atoms with van der Waals surface area (Å²) in [6, 6.07) is -19.0. The molecule has 0 radical (unpaired) electrons. The normalized spacial score (nSPS) is 16.4. The van der Waals surface area contributed by atoms with Gasteiger partial charge >= 0.3 is 11.9 Å². The number of hydrogen-bond acceptors (Lipinski definition) is 24. The molecular formula is C60H101N17O23S2. The Morgan fingerprint density at radius 2 is 0.922 bits per heavy atom. The molecule has 42 heteroatoms. The standard InChI is InChI=1S/C60H101N17O23S2/c1-10-29(6)48(76-58(97)47(28(4)5)75-54(93)36(21-45(86)87)70-51(90)31(13-16-101-8)67-43(84)23-66-50(89)34(19-40(61)81)71-57(96)46(63)30(7)80)59(98)72-35(20-41(62)82)53(92)68-32(14-17-102-9)52(91)73-37(25-78)55(94)69-33(18-27(2)3)49(88)65-22-42(83)64-24-44(85)77-15-11-12-39(77)56(95)74-38(26-79)60(99)100/h27-39,46-48,78-80H,10-26,63H2,1-9H3,(H2,61,81)(H2,62,82)(H,64,83)(H,65,88)(H,66,89)(H,67,84)(H,68,92)(H,69,94)(H,70,90)(H,71,96)(H,72,98)(H,73,91)(H,74,95)(H,75,93)(H,76,97)(H,86,87)(H,99,100)/t29-,30+,31-,32-,33-,34-,35-,36-,37-,38-,39-,46-,47-,48-/m0/s1. The Kier molecular flexibility index (Phi) is 41.5. The highest BCUT2D eigenvalue weighted by atomic mass is 32.2. The summed E-state index contributed by atoms with van der Waals surface area (Å²) < 4.78 is 0. The third kappa shape index (κ3) is 32.8. The maximum atomic E-state index is 14.3. The fourth-order valence-corrected chi connectivity index (χ4v) is 10.6. The van der Waals surface area contributed by atoms with Gasteiger partial charge in [-0.1, -0.05) is 48.0 Å². The molecule has 576 valence electrons. The summed E-state index contributed by atoms with van der Waals surface area (Å²) in [5.41, 5.74) is 16.4. The van der Waals surface area contributed by atoms with Gasteiger partial charge in [-0.2, -0.15) is 23.5 Å². The first kappa shape index (κ1) is 91.0. The van der Waals surface area contributed by atoms with Crippen molar-refractivity contribution in [2.45, 2.75) is 185 Å². The summed E-state index contributed by atoms with van der Waals surface area (Å²) in [5.74, 6) is -21.0. The van der Waals surface area contributed by atoms with Gasteiger partial charge in [0.25, 0.3) is 0 Å². The highest BCUT2D eigenvalue weighted by Gasteiger charge is 2.40. The number of rotatable bonds is 48. The van der Waals surface area contributed by atoms with Crippen molar-refractivity contribution < 1.29 is 112 Å². The number of nitrogens with zero attached hydrogens (tertiary/aromatic N) is 1. The molecule has 16 amide bonds. The van der Waals surface area contributed by atoms with Crippen molar-refractivity contribution in [3.8, 4) is 0 Å². The highest BCUT2D eigenvalue weighted by molar-refractivity contribution is 7.98. The molecule has 1 saturated heterocycles. The first-order chi connectivity index (χ1) is 47.8. The van der Waals surface area contributed by atoms with E-state index in [2.05, 4.69) is 69.1 Å². The van der Waals surface area contributed by atoms with Crippen LogP contribution in [0.25, 0.3) is 0 Å². The average Bonchev–Trinajstić information content (AvgIpc) is 1.48. The van der Waals surface area contributed by atoms with Crippen LogP contribution in [0.4, 0.5) is 0 Å². The number of nitrogens with one attached hydrogen (secondary N) is 13. The number of carbonyl (C=O) groups excluding carboxylic acids is 16. The van der Waals surface area contributed by atoms with Crippen LogP contribution >= 0.6 is 23.5 Å². The lowest BCUT2D eigenvalue weighted by Gasteiger charge is -2.30. The van der Waals surface area contributed by atoms with E-state index in [4.69, 9.17) is 17.2 Å². The molecule has 0 spiro atoms. The van der Waals surface area contributed by atoms with Gasteiger partial charge in [-0.25, -0.2) is 4.79 Å². The fraction of sp³-hybridized carbons (Fsp3) is 0.700. The topological polar surface area (TPSA) is 646 Å². The summed E-state index contributed by atoms with van der Waals surface area (Å²) in [7, 11) is 0. The molecule has 14 atom stereocenters. The molecule has 0 unspecified atom stereocenters. The van der Waals surface area contributed by atoms with Crippen LogP contribution in [-0.2, 0) is 86.3 Å². The van der Waals surface area contributed by atoms with Crippen LogP contribution in [0.1, 0.15) is 106 Å². The molecule has 0 aromatic carbocycles. The van der Waals surface area contributed by atoms with E-state index in [9.17, 15) is 112 Å². The molecule has 0 aliphatic carbocycles. The molecule has 0 bridgehead atoms. The lowest BCUT2D eigenvalue weighted by Crippen LogP contribution is -2.62. The summed E-state index contributed by atoms with van der Waals surface area (Å²) in [6.45, 7) is 6.59. The van der Waals surface area contributed by atoms with E-state index >= 15 is 0 Å². The number of carboxylic acids is 2. The Hall–Kier alpha value is -9.00. The molecule has 0 saturated carbocycles. The van der Waals surface area contributed by atoms with E-state index in [1.807, 2.05) is 0 Å². The number of nitrogens with two attached hydrogens (primary N) is 3. The predicted molar refractivity (Wildman–Crippen MR) is 364 cm³/mol. The van der Waals surface area contributed by atoms with Gasteiger partial charge in [0.1, 0.15) is 72.5 Å². The molecule has 1 aliphatic heterocycles. The van der Waals surface area contributed by atoms with Gasteiger partial charge < -0.3 is 117 Å². The summed E-state index contributed by atoms with van der Waals surface area (Å²) in [6.07, 6.45) is -0.368. The lowest BCUT2D eigenvalue weighted by molar-refractivity contribution is -0.145. The number of amides is 16. The SMILES string of the molecule is CC[C@H](C)[C@H](NC(=O)[C@@H](NC(=O)[C@H](CC(=O)O)NC(=O)[C@H](CCSC)NC(=O)CNC(=O)[C@H](CC(N)=O)NC(=O)[C@@H](N)[C@@H](C)O)C(C)C)C(=O)N[C@@H](CC(N)=O)C(=O)N[C@@H](CCSC)C(=O)N[C@@H](CO)C(=O)N[C@@H](CC(C)C)C(=O)NCC(=O)NCC(=O)N1CCC[C@H]1C(=O)N[C@@H](CO)C(=O)O. The monoisotopic (exact) mass is 1490 g/mol. The highest BCUT2D eigenvalue weighted by Crippen LogP contribution is 2.18. The van der Waals surface area contributed by atoms with Crippen molar-refractivity contribution in [1.29, 1.82) is 0 Å². The van der Waals surface area contributed by atoms with Gasteiger partial charge in [0, 0.05) is 6.54 Å². The van der Waals surface area contributed by atoms with E-state index in [0.717, 1.165) is 4.90 Å². The third-order valence-electron chi connectivity index (χ3n) is 15.6. The minimum Gasteiger partial charge on any atom is -0.481 e. The van der Waals surface area contributed by atoms with Crippen LogP contribution in [0.15, 0.2) is 0 Å². The average molecular weight is 1490 g/mol. The number of carbonyl (C=O) groups is 18. The molecule has 102 heavy (non-hydrogen) atoms. The Morgan fingerprint density at radius 3 is 1.41 bits per heavy atom. The summed E-state index contributed by atoms with van der Waals surface area (Å²) in [4.78, 5) is 237. The zero-order valence-electron chi connectivity index (χ0n) is 58.3. The smallest absolute Gasteiger partial charge is 0.328 e. The van der Waals surface area contributed by atoms with Gasteiger partial charge in [0.05, 0.1) is 58.2 Å². The predicted octanol–water partition coefficient (Wildman–Crippen LogP) is -9.57. The van der Waals surface area contributed by atoms with Crippen LogP contribution in [-0.4, -0.2) is 279 Å². The van der Waals surface area contributed by atoms with Crippen LogP contribution in [0.5, 0.6) is 0 Å². The van der Waals surface area contributed by atoms with E-state index in [-0.39, 0.29) is 56.1 Å². The maximum absolute atomic E-state index is 14.3. The molecule has 1 rings (SSSR count). The molecule has 1 aliphatic rings. The van der Waals surface area contributed by atoms with Crippen LogP contribution in [0.2, 0.25) is 0 Å². The van der Waals surface area contributed by atoms with E-state index in [0.29, 0.717) is 6.42 Å². The van der Waals surface area contributed by atoms with Gasteiger partial charge in [-0.15, -0.1) is 0 Å². The second-order valence-electron chi connectivity index (χ2n) is 24.7. The zero-order chi connectivity index (χ0) is 77.8. The molecule has 1 heterocycles. The van der Waals surface area contributed by atoms with E-state index in [1.54, 1.807) is 33.3 Å². The summed E-state index contributed by atoms with van der Waals surface area (Å²) in [5, 5.41) is 78.5. The number of aliphatic hydroxyl groups excluding tert-OH is 3. The number of aliphatic hydroxyl groups is 3. The number of aliphatic carboxylic acids is 2. The van der Waals surface area contributed by atoms with Crippen molar-refractivity contribution in [1.82, 2.24) is 74.0 Å². The van der Waals surface area contributed by atoms with Crippen molar-refractivity contribution in [3.63, 3.8) is 0 Å². The van der Waals surface area contributed by atoms with Crippen molar-refractivity contribution in [3.05, 3.63) is 0 Å². The second-order valence-corrected chi connectivity index (χ2v) is 26.7. The number of primary amides is 2. The molecule has 0 aromatic heterocycles. The fourth-order valence-electron chi connectivity index (χ4n) is 9.64. The zero-order valence-corrected chi connectivity index (χ0v) is 60.0. The molecular weight excluding hydrogens is 1390 g/mol. The maximum Gasteiger partial charge on any atom is 0.328 e. The van der Waals surface area contributed by atoms with E-state index in [1.165, 1.54) is 51.2 Å². The van der Waals surface area contributed by atoms with Gasteiger partial charge in [-0.05, 0) is 80.8 Å². The lowest BCUT2D eigenvalue weighted by atomic mass is 9.95. The minimum atomic E-state index is -1.93. The molecule has 24 N–H and O–H groups in total. The van der Waals surface area contributed by atoms with E-state index < -0.39 is 249 Å². The van der Waals surface area contributed by atoms with Crippen LogP contribution in [0, 0.1) is 17.8 Å². The van der Waals surface area contributed by atoms with Crippen LogP contribution in [0.3, 0.4) is 0 Å².